The van der Waals surface area contributed by atoms with Gasteiger partial charge in [0.05, 0.1) is 17.9 Å². The van der Waals surface area contributed by atoms with Gasteiger partial charge < -0.3 is 20.1 Å². The molecule has 0 radical (unpaired) electrons. The number of anilines is 2. The lowest BCUT2D eigenvalue weighted by atomic mass is 10.2. The number of hydrogen-bond donors (Lipinski definition) is 2. The molecular weight excluding hydrogens is 355 g/mol. The van der Waals surface area contributed by atoms with Crippen molar-refractivity contribution >= 4 is 23.5 Å². The number of cyclic esters (lactones) is 1. The minimum Gasteiger partial charge on any atom is -0.460 e. The lowest BCUT2D eigenvalue weighted by Gasteiger charge is -2.11. The van der Waals surface area contributed by atoms with Crippen LogP contribution in [0.5, 0.6) is 5.75 Å². The summed E-state index contributed by atoms with van der Waals surface area (Å²) >= 11 is 0. The highest BCUT2D eigenvalue weighted by atomic mass is 19.1. The summed E-state index contributed by atoms with van der Waals surface area (Å²) in [6, 6.07) is 6.60. The average molecular weight is 370 g/mol. The van der Waals surface area contributed by atoms with E-state index in [2.05, 4.69) is 15.6 Å². The molecule has 0 bridgehead atoms. The molecule has 1 aromatic carbocycles. The topological polar surface area (TPSA) is 92.8 Å². The summed E-state index contributed by atoms with van der Waals surface area (Å²) < 4.78 is 24.5. The van der Waals surface area contributed by atoms with E-state index >= 15 is 0 Å². The number of nitrogens with one attached hydrogen (secondary N) is 2. The van der Waals surface area contributed by atoms with Crippen LogP contribution in [0.4, 0.5) is 25.4 Å². The third-order valence-electron chi connectivity index (χ3n) is 4.02. The number of carbonyl (C=O) groups excluding carboxylic acids is 2. The number of benzene rings is 1. The van der Waals surface area contributed by atoms with Crippen molar-refractivity contribution in [2.45, 2.75) is 12.5 Å². The van der Waals surface area contributed by atoms with Gasteiger partial charge in [0.25, 0.3) is 0 Å². The third-order valence-corrected chi connectivity index (χ3v) is 4.02. The largest absolute Gasteiger partial charge is 0.460 e. The van der Waals surface area contributed by atoms with Gasteiger partial charge in [-0.2, -0.15) is 0 Å². The smallest absolute Gasteiger partial charge is 0.414 e. The molecule has 4 rings (SSSR count). The molecule has 0 spiro atoms. The number of pyridine rings is 1. The standard InChI is InChI=1S/C18H15FN4O4/c19-11-4-13(22-17(24)21-12-2-1-3-20-8-12)6-15(5-11)27-16-7-14-10-26-18(25)23(14)9-16/h1-6,8-9,14H,7,10H2,(H2,21,22,24)/t14-/m1/s1. The fourth-order valence-corrected chi connectivity index (χ4v) is 2.87. The maximum Gasteiger partial charge on any atom is 0.414 e. The van der Waals surface area contributed by atoms with E-state index in [0.717, 1.165) is 0 Å². The van der Waals surface area contributed by atoms with Crippen molar-refractivity contribution in [3.63, 3.8) is 0 Å². The van der Waals surface area contributed by atoms with Crippen LogP contribution in [-0.4, -0.2) is 34.7 Å². The molecule has 9 heteroatoms. The Morgan fingerprint density at radius 1 is 1.30 bits per heavy atom. The number of fused-ring (bicyclic) bond motifs is 1. The van der Waals surface area contributed by atoms with Crippen molar-refractivity contribution in [1.29, 1.82) is 0 Å². The molecule has 2 aliphatic rings. The molecular formula is C18H15FN4O4. The van der Waals surface area contributed by atoms with Crippen LogP contribution < -0.4 is 15.4 Å². The summed E-state index contributed by atoms with van der Waals surface area (Å²) in [5, 5.41) is 5.13. The van der Waals surface area contributed by atoms with Gasteiger partial charge in [0, 0.05) is 36.6 Å². The van der Waals surface area contributed by atoms with Crippen LogP contribution in [0.15, 0.2) is 54.7 Å². The number of urea groups is 1. The molecule has 1 fully saturated rings. The number of halogens is 1. The Kier molecular flexibility index (Phi) is 4.33. The molecule has 1 atom stereocenters. The first-order valence-corrected chi connectivity index (χ1v) is 8.19. The SMILES string of the molecule is O=C(Nc1cccnc1)Nc1cc(F)cc(OC2=CN3C(=O)OC[C@H]3C2)c1. The zero-order chi connectivity index (χ0) is 18.8. The van der Waals surface area contributed by atoms with E-state index in [1.807, 2.05) is 0 Å². The van der Waals surface area contributed by atoms with Crippen molar-refractivity contribution in [3.8, 4) is 5.75 Å². The number of nitrogens with zero attached hydrogens (tertiary/aromatic N) is 2. The van der Waals surface area contributed by atoms with Crippen molar-refractivity contribution in [3.05, 3.63) is 60.5 Å². The van der Waals surface area contributed by atoms with E-state index in [0.29, 0.717) is 24.5 Å². The Hall–Kier alpha value is -3.62. The van der Waals surface area contributed by atoms with Crippen LogP contribution in [0.3, 0.4) is 0 Å². The Morgan fingerprint density at radius 3 is 2.93 bits per heavy atom. The molecule has 3 heterocycles. The average Bonchev–Trinajstić information content (AvgIpc) is 3.16. The molecule has 2 N–H and O–H groups in total. The number of carbonyl (C=O) groups is 2. The van der Waals surface area contributed by atoms with Gasteiger partial charge in [-0.1, -0.05) is 0 Å². The second kappa shape index (κ2) is 6.94. The van der Waals surface area contributed by atoms with Crippen LogP contribution in [0, 0.1) is 5.82 Å². The third kappa shape index (κ3) is 3.81. The summed E-state index contributed by atoms with van der Waals surface area (Å²) in [6.45, 7) is 0.298. The van der Waals surface area contributed by atoms with E-state index in [9.17, 15) is 14.0 Å². The van der Waals surface area contributed by atoms with Gasteiger partial charge in [-0.3, -0.25) is 9.88 Å². The van der Waals surface area contributed by atoms with Gasteiger partial charge >= 0.3 is 12.1 Å². The maximum absolute atomic E-state index is 13.9. The van der Waals surface area contributed by atoms with Crippen LogP contribution in [0.1, 0.15) is 6.42 Å². The lowest BCUT2D eigenvalue weighted by molar-refractivity contribution is 0.165. The number of rotatable bonds is 4. The van der Waals surface area contributed by atoms with E-state index in [1.54, 1.807) is 24.5 Å². The first-order valence-electron chi connectivity index (χ1n) is 8.19. The van der Waals surface area contributed by atoms with E-state index in [4.69, 9.17) is 9.47 Å². The molecule has 0 aliphatic carbocycles. The lowest BCUT2D eigenvalue weighted by Crippen LogP contribution is -2.23. The monoisotopic (exact) mass is 370 g/mol. The number of ether oxygens (including phenoxy) is 2. The molecule has 3 amide bonds. The minimum atomic E-state index is -0.567. The normalized spacial score (nSPS) is 17.8. The van der Waals surface area contributed by atoms with E-state index in [-0.39, 0.29) is 17.5 Å². The van der Waals surface area contributed by atoms with Crippen LogP contribution in [0.25, 0.3) is 0 Å². The summed E-state index contributed by atoms with van der Waals surface area (Å²) in [4.78, 5) is 28.9. The predicted molar refractivity (Wildman–Crippen MR) is 93.6 cm³/mol. The van der Waals surface area contributed by atoms with Gasteiger partial charge in [-0.15, -0.1) is 0 Å². The highest BCUT2D eigenvalue weighted by Crippen LogP contribution is 2.30. The van der Waals surface area contributed by atoms with Crippen LogP contribution >= 0.6 is 0 Å². The van der Waals surface area contributed by atoms with Gasteiger partial charge in [0.2, 0.25) is 0 Å². The number of amides is 3. The van der Waals surface area contributed by atoms with Gasteiger partial charge in [0.15, 0.2) is 0 Å². The molecule has 1 aromatic heterocycles. The maximum atomic E-state index is 13.9. The Bertz CT molecular complexity index is 919. The van der Waals surface area contributed by atoms with Crippen molar-refractivity contribution in [2.24, 2.45) is 0 Å². The fraction of sp³-hybridized carbons (Fsp3) is 0.167. The summed E-state index contributed by atoms with van der Waals surface area (Å²) in [5.74, 6) is 0.170. The molecule has 0 saturated carbocycles. The van der Waals surface area contributed by atoms with Gasteiger partial charge in [0.1, 0.15) is 23.9 Å². The highest BCUT2D eigenvalue weighted by molar-refractivity contribution is 5.99. The first kappa shape index (κ1) is 16.8. The summed E-state index contributed by atoms with van der Waals surface area (Å²) in [5.41, 5.74) is 0.733. The zero-order valence-electron chi connectivity index (χ0n) is 14.0. The van der Waals surface area contributed by atoms with Crippen LogP contribution in [0.2, 0.25) is 0 Å². The second-order valence-corrected chi connectivity index (χ2v) is 6.04. The molecule has 2 aromatic rings. The second-order valence-electron chi connectivity index (χ2n) is 6.04. The summed E-state index contributed by atoms with van der Waals surface area (Å²) in [7, 11) is 0. The van der Waals surface area contributed by atoms with Crippen molar-refractivity contribution in [2.75, 3.05) is 17.2 Å². The van der Waals surface area contributed by atoms with Crippen molar-refractivity contribution < 1.29 is 23.5 Å². The van der Waals surface area contributed by atoms with E-state index in [1.165, 1.54) is 29.3 Å². The van der Waals surface area contributed by atoms with Gasteiger partial charge in [-0.05, 0) is 18.2 Å². The Labute approximate surface area is 153 Å². The molecule has 138 valence electrons. The molecule has 2 aliphatic heterocycles. The fourth-order valence-electron chi connectivity index (χ4n) is 2.87. The molecule has 0 unspecified atom stereocenters. The van der Waals surface area contributed by atoms with Crippen molar-refractivity contribution in [1.82, 2.24) is 9.88 Å². The predicted octanol–water partition coefficient (Wildman–Crippen LogP) is 3.31. The van der Waals surface area contributed by atoms with Gasteiger partial charge in [-0.25, -0.2) is 14.0 Å². The van der Waals surface area contributed by atoms with Crippen LogP contribution in [-0.2, 0) is 4.74 Å². The molecule has 1 saturated heterocycles. The first-order chi connectivity index (χ1) is 13.1. The Balaban J connectivity index is 1.43. The quantitative estimate of drug-likeness (QED) is 0.861. The highest BCUT2D eigenvalue weighted by Gasteiger charge is 2.37. The molecule has 27 heavy (non-hydrogen) atoms. The minimum absolute atomic E-state index is 0.0936. The number of aromatic nitrogens is 1. The summed E-state index contributed by atoms with van der Waals surface area (Å²) in [6.07, 6.45) is 4.68. The molecule has 8 nitrogen and oxygen atoms in total. The Morgan fingerprint density at radius 2 is 2.15 bits per heavy atom. The zero-order valence-corrected chi connectivity index (χ0v) is 14.0. The number of hydrogen-bond acceptors (Lipinski definition) is 5. The van der Waals surface area contributed by atoms with E-state index < -0.39 is 17.9 Å².